The first-order chi connectivity index (χ1) is 17.2. The second-order valence-electron chi connectivity index (χ2n) is 8.85. The summed E-state index contributed by atoms with van der Waals surface area (Å²) in [5.74, 6) is 1.80. The lowest BCUT2D eigenvalue weighted by Gasteiger charge is -2.33. The van der Waals surface area contributed by atoms with Gasteiger partial charge in [0.25, 0.3) is 0 Å². The number of rotatable bonds is 8. The molecule has 1 fully saturated rings. The number of para-hydroxylation sites is 1. The Bertz CT molecular complexity index is 1300. The maximum absolute atomic E-state index is 9.71. The number of aliphatic hydroxyl groups excluding tert-OH is 2. The molecule has 0 amide bonds. The molecular formula is C28H30N4O2S. The number of hydrogen-bond donors (Lipinski definition) is 3. The van der Waals surface area contributed by atoms with Crippen LogP contribution in [-0.2, 0) is 13.2 Å². The van der Waals surface area contributed by atoms with Crippen molar-refractivity contribution >= 4 is 34.4 Å². The maximum atomic E-state index is 9.71. The van der Waals surface area contributed by atoms with Gasteiger partial charge in [-0.2, -0.15) is 4.98 Å². The Kier molecular flexibility index (Phi) is 7.47. The number of fused-ring (bicyclic) bond motifs is 1. The highest BCUT2D eigenvalue weighted by Gasteiger charge is 2.22. The van der Waals surface area contributed by atoms with Crippen molar-refractivity contribution in [1.82, 2.24) is 9.97 Å². The Labute approximate surface area is 210 Å². The van der Waals surface area contributed by atoms with E-state index in [2.05, 4.69) is 28.4 Å². The van der Waals surface area contributed by atoms with E-state index in [0.717, 1.165) is 63.6 Å². The topological polar surface area (TPSA) is 81.5 Å². The van der Waals surface area contributed by atoms with Crippen LogP contribution in [-0.4, -0.2) is 39.9 Å². The molecule has 1 saturated heterocycles. The first-order valence-electron chi connectivity index (χ1n) is 12.1. The van der Waals surface area contributed by atoms with Crippen molar-refractivity contribution in [2.24, 2.45) is 5.92 Å². The largest absolute Gasteiger partial charge is 0.396 e. The molecule has 35 heavy (non-hydrogen) atoms. The van der Waals surface area contributed by atoms with Crippen molar-refractivity contribution in [3.05, 3.63) is 83.9 Å². The fourth-order valence-corrected chi connectivity index (χ4v) is 5.63. The van der Waals surface area contributed by atoms with E-state index in [4.69, 9.17) is 9.97 Å². The van der Waals surface area contributed by atoms with Gasteiger partial charge in [0.15, 0.2) is 0 Å². The van der Waals surface area contributed by atoms with Crippen LogP contribution in [0.15, 0.2) is 82.6 Å². The van der Waals surface area contributed by atoms with Gasteiger partial charge >= 0.3 is 0 Å². The molecule has 6 nitrogen and oxygen atoms in total. The van der Waals surface area contributed by atoms with Crippen LogP contribution in [0.5, 0.6) is 0 Å². The van der Waals surface area contributed by atoms with Crippen molar-refractivity contribution in [2.75, 3.05) is 29.9 Å². The number of aliphatic hydroxyl groups is 2. The minimum absolute atomic E-state index is 0.0188. The third kappa shape index (κ3) is 5.42. The zero-order valence-electron chi connectivity index (χ0n) is 19.6. The summed E-state index contributed by atoms with van der Waals surface area (Å²) < 4.78 is 0. The van der Waals surface area contributed by atoms with Crippen LogP contribution in [0.1, 0.15) is 24.0 Å². The molecule has 1 aromatic heterocycles. The summed E-state index contributed by atoms with van der Waals surface area (Å²) in [6, 6.07) is 24.3. The number of aromatic nitrogens is 2. The zero-order valence-corrected chi connectivity index (χ0v) is 20.4. The summed E-state index contributed by atoms with van der Waals surface area (Å²) in [6.07, 6.45) is 2.10. The molecule has 1 aliphatic heterocycles. The molecule has 3 N–H and O–H groups in total. The highest BCUT2D eigenvalue weighted by atomic mass is 32.2. The second kappa shape index (κ2) is 11.1. The standard InChI is InChI=1S/C28H30N4O2S/c33-18-20-8-7-15-32(17-20)27-23-11-3-4-12-24(23)30-28(31-27)29-16-21-9-1-5-13-25(21)35-26-14-6-2-10-22(26)19-34/h1-6,9-14,20,33-34H,7-8,15-19H2,(H,29,30,31). The Morgan fingerprint density at radius 1 is 0.886 bits per heavy atom. The highest BCUT2D eigenvalue weighted by Crippen LogP contribution is 2.34. The fraction of sp³-hybridized carbons (Fsp3) is 0.286. The van der Waals surface area contributed by atoms with Crippen LogP contribution in [0.2, 0.25) is 0 Å². The van der Waals surface area contributed by atoms with Crippen LogP contribution in [0.3, 0.4) is 0 Å². The summed E-state index contributed by atoms with van der Waals surface area (Å²) in [5, 5.41) is 23.9. The molecule has 1 aliphatic rings. The number of anilines is 2. The zero-order chi connectivity index (χ0) is 24.0. The predicted molar refractivity (Wildman–Crippen MR) is 142 cm³/mol. The Morgan fingerprint density at radius 2 is 1.60 bits per heavy atom. The van der Waals surface area contributed by atoms with Crippen molar-refractivity contribution in [3.63, 3.8) is 0 Å². The normalized spacial score (nSPS) is 15.9. The van der Waals surface area contributed by atoms with E-state index in [-0.39, 0.29) is 19.1 Å². The second-order valence-corrected chi connectivity index (χ2v) is 9.94. The molecule has 1 atom stereocenters. The summed E-state index contributed by atoms with van der Waals surface area (Å²) in [6.45, 7) is 2.55. The summed E-state index contributed by atoms with van der Waals surface area (Å²) in [5.41, 5.74) is 2.97. The van der Waals surface area contributed by atoms with E-state index in [9.17, 15) is 10.2 Å². The van der Waals surface area contributed by atoms with E-state index in [1.54, 1.807) is 11.8 Å². The van der Waals surface area contributed by atoms with Crippen LogP contribution in [0.25, 0.3) is 10.9 Å². The van der Waals surface area contributed by atoms with Gasteiger partial charge in [-0.3, -0.25) is 0 Å². The maximum Gasteiger partial charge on any atom is 0.225 e. The van der Waals surface area contributed by atoms with Gasteiger partial charge in [0.2, 0.25) is 5.95 Å². The van der Waals surface area contributed by atoms with Gasteiger partial charge in [-0.15, -0.1) is 0 Å². The van der Waals surface area contributed by atoms with Crippen LogP contribution < -0.4 is 10.2 Å². The molecule has 1 unspecified atom stereocenters. The Balaban J connectivity index is 1.40. The molecule has 4 aromatic rings. The van der Waals surface area contributed by atoms with Gasteiger partial charge in [-0.1, -0.05) is 60.3 Å². The van der Waals surface area contributed by atoms with E-state index in [1.807, 2.05) is 54.6 Å². The lowest BCUT2D eigenvalue weighted by Crippen LogP contribution is -2.37. The third-order valence-corrected chi connectivity index (χ3v) is 7.67. The minimum Gasteiger partial charge on any atom is -0.396 e. The molecule has 7 heteroatoms. The predicted octanol–water partition coefficient (Wildman–Crippen LogP) is 5.09. The SMILES string of the molecule is OCc1ccccc1Sc1ccccc1CNc1nc(N2CCCC(CO)C2)c2ccccc2n1. The highest BCUT2D eigenvalue weighted by molar-refractivity contribution is 7.99. The molecule has 2 heterocycles. The molecular weight excluding hydrogens is 456 g/mol. The quantitative estimate of drug-likeness (QED) is 0.320. The molecule has 0 bridgehead atoms. The summed E-state index contributed by atoms with van der Waals surface area (Å²) >= 11 is 1.66. The van der Waals surface area contributed by atoms with E-state index < -0.39 is 0 Å². The van der Waals surface area contributed by atoms with Crippen molar-refractivity contribution in [1.29, 1.82) is 0 Å². The monoisotopic (exact) mass is 486 g/mol. The average molecular weight is 487 g/mol. The first kappa shape index (κ1) is 23.6. The molecule has 3 aromatic carbocycles. The van der Waals surface area contributed by atoms with Gasteiger partial charge in [0.05, 0.1) is 12.1 Å². The van der Waals surface area contributed by atoms with Crippen LogP contribution >= 0.6 is 11.8 Å². The van der Waals surface area contributed by atoms with Crippen molar-refractivity contribution < 1.29 is 10.2 Å². The lowest BCUT2D eigenvalue weighted by molar-refractivity contribution is 0.208. The smallest absolute Gasteiger partial charge is 0.225 e. The third-order valence-electron chi connectivity index (χ3n) is 6.43. The Hall–Kier alpha value is -3.13. The average Bonchev–Trinajstić information content (AvgIpc) is 2.92. The van der Waals surface area contributed by atoms with E-state index in [0.29, 0.717) is 12.5 Å². The summed E-state index contributed by atoms with van der Waals surface area (Å²) in [7, 11) is 0. The molecule has 5 rings (SSSR count). The number of benzene rings is 3. The van der Waals surface area contributed by atoms with E-state index in [1.165, 1.54) is 0 Å². The molecule has 0 saturated carbocycles. The minimum atomic E-state index is 0.0188. The van der Waals surface area contributed by atoms with Gasteiger partial charge in [-0.05, 0) is 54.2 Å². The van der Waals surface area contributed by atoms with E-state index >= 15 is 0 Å². The van der Waals surface area contributed by atoms with Crippen molar-refractivity contribution in [3.8, 4) is 0 Å². The summed E-state index contributed by atoms with van der Waals surface area (Å²) in [4.78, 5) is 14.2. The fourth-order valence-electron chi connectivity index (χ4n) is 4.56. The van der Waals surface area contributed by atoms with Crippen LogP contribution in [0.4, 0.5) is 11.8 Å². The van der Waals surface area contributed by atoms with Gasteiger partial charge in [0.1, 0.15) is 5.82 Å². The first-order valence-corrected chi connectivity index (χ1v) is 12.9. The number of nitrogens with zero attached hydrogens (tertiary/aromatic N) is 3. The van der Waals surface area contributed by atoms with Gasteiger partial charge < -0.3 is 20.4 Å². The molecule has 0 aliphatic carbocycles. The molecule has 180 valence electrons. The van der Waals surface area contributed by atoms with Gasteiger partial charge in [-0.25, -0.2) is 4.98 Å². The molecule has 0 spiro atoms. The number of hydrogen-bond acceptors (Lipinski definition) is 7. The van der Waals surface area contributed by atoms with Crippen LogP contribution in [0, 0.1) is 5.92 Å². The van der Waals surface area contributed by atoms with Crippen molar-refractivity contribution in [2.45, 2.75) is 35.8 Å². The molecule has 0 radical (unpaired) electrons. The number of nitrogens with one attached hydrogen (secondary N) is 1. The van der Waals surface area contributed by atoms with Gasteiger partial charge in [0, 0.05) is 41.4 Å². The lowest BCUT2D eigenvalue weighted by atomic mass is 9.99. The Morgan fingerprint density at radius 3 is 2.40 bits per heavy atom. The number of piperidine rings is 1.